The molecule has 0 spiro atoms. The molecule has 0 aliphatic rings. The van der Waals surface area contributed by atoms with E-state index < -0.39 is 0 Å². The first-order valence-corrected chi connectivity index (χ1v) is 9.46. The van der Waals surface area contributed by atoms with Crippen LogP contribution < -0.4 is 24.8 Å². The molecule has 0 aromatic heterocycles. The molecule has 0 saturated carbocycles. The van der Waals surface area contributed by atoms with Crippen molar-refractivity contribution in [1.29, 1.82) is 0 Å². The van der Waals surface area contributed by atoms with Crippen LogP contribution in [-0.4, -0.2) is 40.9 Å². The molecular weight excluding hydrogens is 500 g/mol. The van der Waals surface area contributed by atoms with E-state index in [0.717, 1.165) is 11.1 Å². The molecule has 2 aromatic rings. The van der Waals surface area contributed by atoms with Gasteiger partial charge in [-0.25, -0.2) is 4.39 Å². The van der Waals surface area contributed by atoms with Crippen molar-refractivity contribution in [3.05, 3.63) is 52.8 Å². The fourth-order valence-electron chi connectivity index (χ4n) is 3.04. The minimum atomic E-state index is -0.209. The van der Waals surface area contributed by atoms with E-state index in [-0.39, 0.29) is 35.8 Å². The number of benzene rings is 2. The molecule has 1 atom stereocenters. The Morgan fingerprint density at radius 2 is 1.77 bits per heavy atom. The second kappa shape index (κ2) is 12.5. The van der Waals surface area contributed by atoms with Gasteiger partial charge in [-0.3, -0.25) is 4.99 Å². The normalized spacial score (nSPS) is 11.9. The van der Waals surface area contributed by atoms with Crippen molar-refractivity contribution in [2.75, 3.05) is 34.9 Å². The summed E-state index contributed by atoms with van der Waals surface area (Å²) in [6.07, 6.45) is 0.692. The van der Waals surface area contributed by atoms with Gasteiger partial charge in [0, 0.05) is 19.2 Å². The Balaban J connectivity index is 0.00000450. The molecule has 1 unspecified atom stereocenters. The van der Waals surface area contributed by atoms with Gasteiger partial charge in [0.2, 0.25) is 5.75 Å². The second-order valence-electron chi connectivity index (χ2n) is 6.62. The van der Waals surface area contributed by atoms with Crippen molar-refractivity contribution in [3.63, 3.8) is 0 Å². The van der Waals surface area contributed by atoms with Crippen molar-refractivity contribution in [1.82, 2.24) is 10.6 Å². The summed E-state index contributed by atoms with van der Waals surface area (Å²) in [5, 5.41) is 6.56. The number of rotatable bonds is 8. The molecular formula is C22H31FIN3O3. The zero-order valence-corrected chi connectivity index (χ0v) is 20.7. The predicted molar refractivity (Wildman–Crippen MR) is 129 cm³/mol. The average Bonchev–Trinajstić information content (AvgIpc) is 2.73. The van der Waals surface area contributed by atoms with Crippen LogP contribution in [0, 0.1) is 12.7 Å². The van der Waals surface area contributed by atoms with Gasteiger partial charge in [0.1, 0.15) is 5.82 Å². The van der Waals surface area contributed by atoms with E-state index >= 15 is 0 Å². The average molecular weight is 531 g/mol. The minimum absolute atomic E-state index is 0. The molecule has 0 radical (unpaired) electrons. The van der Waals surface area contributed by atoms with Crippen LogP contribution >= 0.6 is 24.0 Å². The highest BCUT2D eigenvalue weighted by Gasteiger charge is 2.16. The zero-order valence-electron chi connectivity index (χ0n) is 18.3. The van der Waals surface area contributed by atoms with Crippen LogP contribution in [0.3, 0.4) is 0 Å². The van der Waals surface area contributed by atoms with Crippen LogP contribution in [0.2, 0.25) is 0 Å². The van der Waals surface area contributed by atoms with E-state index in [0.29, 0.717) is 41.7 Å². The van der Waals surface area contributed by atoms with Gasteiger partial charge in [-0.05, 0) is 43.5 Å². The molecule has 2 N–H and O–H groups in total. The molecule has 0 heterocycles. The summed E-state index contributed by atoms with van der Waals surface area (Å²) in [6, 6.07) is 8.97. The van der Waals surface area contributed by atoms with Crippen LogP contribution in [0.5, 0.6) is 17.2 Å². The number of hydrogen-bond donors (Lipinski definition) is 2. The maximum absolute atomic E-state index is 13.8. The number of methoxy groups -OCH3 is 3. The fourth-order valence-corrected chi connectivity index (χ4v) is 3.04. The van der Waals surface area contributed by atoms with Gasteiger partial charge < -0.3 is 24.8 Å². The summed E-state index contributed by atoms with van der Waals surface area (Å²) in [5.41, 5.74) is 2.48. The molecule has 0 fully saturated rings. The van der Waals surface area contributed by atoms with Gasteiger partial charge in [0.25, 0.3) is 0 Å². The monoisotopic (exact) mass is 531 g/mol. The number of hydrogen-bond acceptors (Lipinski definition) is 4. The zero-order chi connectivity index (χ0) is 21.4. The summed E-state index contributed by atoms with van der Waals surface area (Å²) in [6.45, 7) is 4.34. The highest BCUT2D eigenvalue weighted by atomic mass is 127. The van der Waals surface area contributed by atoms with Crippen molar-refractivity contribution in [2.45, 2.75) is 26.3 Å². The molecule has 0 aliphatic heterocycles. The number of nitrogens with zero attached hydrogens (tertiary/aromatic N) is 1. The number of aliphatic imine (C=N–C) groups is 1. The highest BCUT2D eigenvalue weighted by Crippen LogP contribution is 2.39. The molecule has 0 saturated heterocycles. The number of aryl methyl sites for hydroxylation is 1. The molecule has 6 nitrogen and oxygen atoms in total. The smallest absolute Gasteiger partial charge is 0.203 e. The SMILES string of the molecule is CN=C(NCCc1ccc(OC)c(OC)c1OC)NC(C)c1ccc(C)c(F)c1.I. The molecule has 0 aliphatic carbocycles. The lowest BCUT2D eigenvalue weighted by atomic mass is 10.1. The molecule has 2 aromatic carbocycles. The summed E-state index contributed by atoms with van der Waals surface area (Å²) >= 11 is 0. The van der Waals surface area contributed by atoms with E-state index in [4.69, 9.17) is 14.2 Å². The van der Waals surface area contributed by atoms with E-state index in [1.54, 1.807) is 47.4 Å². The lowest BCUT2D eigenvalue weighted by Crippen LogP contribution is -2.39. The van der Waals surface area contributed by atoms with Crippen molar-refractivity contribution < 1.29 is 18.6 Å². The highest BCUT2D eigenvalue weighted by molar-refractivity contribution is 14.0. The first kappa shape index (κ1) is 25.8. The van der Waals surface area contributed by atoms with E-state index in [1.165, 1.54) is 0 Å². The van der Waals surface area contributed by atoms with Gasteiger partial charge in [-0.2, -0.15) is 0 Å². The maximum Gasteiger partial charge on any atom is 0.203 e. The lowest BCUT2D eigenvalue weighted by Gasteiger charge is -2.19. The summed E-state index contributed by atoms with van der Waals surface area (Å²) in [4.78, 5) is 4.25. The first-order valence-electron chi connectivity index (χ1n) is 9.46. The van der Waals surface area contributed by atoms with Crippen LogP contribution in [0.25, 0.3) is 0 Å². The third kappa shape index (κ3) is 6.38. The lowest BCUT2D eigenvalue weighted by molar-refractivity contribution is 0.322. The fraction of sp³-hybridized carbons (Fsp3) is 0.409. The number of ether oxygens (including phenoxy) is 3. The maximum atomic E-state index is 13.8. The number of nitrogens with one attached hydrogen (secondary N) is 2. The van der Waals surface area contributed by atoms with Gasteiger partial charge in [0.15, 0.2) is 17.5 Å². The number of guanidine groups is 1. The molecule has 0 amide bonds. The van der Waals surface area contributed by atoms with Crippen LogP contribution in [0.4, 0.5) is 4.39 Å². The molecule has 166 valence electrons. The van der Waals surface area contributed by atoms with E-state index in [9.17, 15) is 4.39 Å². The van der Waals surface area contributed by atoms with Crippen molar-refractivity contribution in [3.8, 4) is 17.2 Å². The summed E-state index contributed by atoms with van der Waals surface area (Å²) in [7, 11) is 6.49. The van der Waals surface area contributed by atoms with Gasteiger partial charge in [0.05, 0.1) is 27.4 Å². The molecule has 8 heteroatoms. The number of halogens is 2. The topological polar surface area (TPSA) is 64.1 Å². The van der Waals surface area contributed by atoms with Crippen molar-refractivity contribution >= 4 is 29.9 Å². The second-order valence-corrected chi connectivity index (χ2v) is 6.62. The summed E-state index contributed by atoms with van der Waals surface area (Å²) < 4.78 is 30.1. The molecule has 2 rings (SSSR count). The van der Waals surface area contributed by atoms with Crippen molar-refractivity contribution in [2.24, 2.45) is 4.99 Å². The van der Waals surface area contributed by atoms with Crippen LogP contribution in [0.1, 0.15) is 29.7 Å². The largest absolute Gasteiger partial charge is 0.493 e. The van der Waals surface area contributed by atoms with Crippen LogP contribution in [-0.2, 0) is 6.42 Å². The quantitative estimate of drug-likeness (QED) is 0.303. The minimum Gasteiger partial charge on any atom is -0.493 e. The third-order valence-electron chi connectivity index (χ3n) is 4.75. The third-order valence-corrected chi connectivity index (χ3v) is 4.75. The van der Waals surface area contributed by atoms with Gasteiger partial charge in [-0.15, -0.1) is 24.0 Å². The van der Waals surface area contributed by atoms with E-state index in [1.807, 2.05) is 25.1 Å². The Labute approximate surface area is 195 Å². The molecule has 30 heavy (non-hydrogen) atoms. The Bertz CT molecular complexity index is 862. The van der Waals surface area contributed by atoms with Gasteiger partial charge in [-0.1, -0.05) is 18.2 Å². The summed E-state index contributed by atoms with van der Waals surface area (Å²) in [5.74, 6) is 2.28. The molecule has 0 bridgehead atoms. The Hall–Kier alpha value is -2.23. The first-order chi connectivity index (χ1) is 13.9. The Kier molecular flexibility index (Phi) is 10.7. The Morgan fingerprint density at radius 3 is 2.33 bits per heavy atom. The van der Waals surface area contributed by atoms with Gasteiger partial charge >= 0.3 is 0 Å². The standard InChI is InChI=1S/C22H30FN3O3.HI/c1-14-7-8-17(13-18(14)23)15(2)26-22(24-3)25-12-11-16-9-10-19(27-4)21(29-6)20(16)28-5;/h7-10,13,15H,11-12H2,1-6H3,(H2,24,25,26);1H. The van der Waals surface area contributed by atoms with E-state index in [2.05, 4.69) is 15.6 Å². The Morgan fingerprint density at radius 1 is 1.07 bits per heavy atom. The van der Waals surface area contributed by atoms with Crippen LogP contribution in [0.15, 0.2) is 35.3 Å². The predicted octanol–water partition coefficient (Wildman–Crippen LogP) is 4.25.